The van der Waals surface area contributed by atoms with E-state index >= 15 is 0 Å². The summed E-state index contributed by atoms with van der Waals surface area (Å²) in [5, 5.41) is 8.74. The van der Waals surface area contributed by atoms with Gasteiger partial charge in [-0.2, -0.15) is 14.5 Å². The highest BCUT2D eigenvalue weighted by Gasteiger charge is 2.15. The second-order valence-electron chi connectivity index (χ2n) is 5.89. The van der Waals surface area contributed by atoms with Crippen LogP contribution < -0.4 is 5.32 Å². The minimum absolute atomic E-state index is 0.762. The Morgan fingerprint density at radius 1 is 1.26 bits per heavy atom. The molecule has 3 heterocycles. The van der Waals surface area contributed by atoms with E-state index in [2.05, 4.69) is 43.5 Å². The molecular formula is C17H19N5S. The van der Waals surface area contributed by atoms with Gasteiger partial charge in [0.15, 0.2) is 5.82 Å². The first-order chi connectivity index (χ1) is 11.3. The minimum atomic E-state index is 0.762. The summed E-state index contributed by atoms with van der Waals surface area (Å²) in [5.74, 6) is 0.799. The molecule has 6 heteroatoms. The molecule has 1 aliphatic heterocycles. The van der Waals surface area contributed by atoms with Crippen molar-refractivity contribution in [1.82, 2.24) is 19.1 Å². The summed E-state index contributed by atoms with van der Waals surface area (Å²) in [4.78, 5) is 4.62. The molecule has 0 aliphatic carbocycles. The SMILES string of the molecule is Cc1ccccc1-c1nsc(NCc2cnn3c2CCCC3)n1. The fourth-order valence-corrected chi connectivity index (χ4v) is 3.61. The largest absolute Gasteiger partial charge is 0.356 e. The van der Waals surface area contributed by atoms with Crippen molar-refractivity contribution in [3.8, 4) is 11.4 Å². The smallest absolute Gasteiger partial charge is 0.203 e. The number of benzene rings is 1. The summed E-state index contributed by atoms with van der Waals surface area (Å²) >= 11 is 1.41. The van der Waals surface area contributed by atoms with E-state index < -0.39 is 0 Å². The normalized spacial score (nSPS) is 13.8. The molecule has 0 atom stereocenters. The van der Waals surface area contributed by atoms with E-state index in [0.717, 1.165) is 36.0 Å². The van der Waals surface area contributed by atoms with Crippen molar-refractivity contribution in [2.24, 2.45) is 0 Å². The van der Waals surface area contributed by atoms with Crippen LogP contribution in [0.3, 0.4) is 0 Å². The van der Waals surface area contributed by atoms with Gasteiger partial charge in [0.25, 0.3) is 0 Å². The van der Waals surface area contributed by atoms with Crippen LogP contribution in [0.2, 0.25) is 0 Å². The molecule has 0 amide bonds. The van der Waals surface area contributed by atoms with E-state index in [9.17, 15) is 0 Å². The van der Waals surface area contributed by atoms with Gasteiger partial charge in [0.05, 0.1) is 6.20 Å². The van der Waals surface area contributed by atoms with Gasteiger partial charge in [0.2, 0.25) is 5.13 Å². The first-order valence-electron chi connectivity index (χ1n) is 7.98. The Labute approximate surface area is 139 Å². The number of anilines is 1. The lowest BCUT2D eigenvalue weighted by atomic mass is 10.1. The van der Waals surface area contributed by atoms with Crippen molar-refractivity contribution >= 4 is 16.7 Å². The molecule has 118 valence electrons. The number of fused-ring (bicyclic) bond motifs is 1. The van der Waals surface area contributed by atoms with Gasteiger partial charge in [0.1, 0.15) is 0 Å². The molecular weight excluding hydrogens is 306 g/mol. The third-order valence-electron chi connectivity index (χ3n) is 4.31. The van der Waals surface area contributed by atoms with Crippen molar-refractivity contribution in [1.29, 1.82) is 0 Å². The zero-order valence-electron chi connectivity index (χ0n) is 13.1. The number of aryl methyl sites for hydroxylation is 2. The predicted molar refractivity (Wildman–Crippen MR) is 92.6 cm³/mol. The summed E-state index contributed by atoms with van der Waals surface area (Å²) in [6.07, 6.45) is 5.60. The lowest BCUT2D eigenvalue weighted by molar-refractivity contribution is 0.484. The summed E-state index contributed by atoms with van der Waals surface area (Å²) < 4.78 is 6.62. The molecule has 0 spiro atoms. The topological polar surface area (TPSA) is 55.6 Å². The first-order valence-corrected chi connectivity index (χ1v) is 8.76. The van der Waals surface area contributed by atoms with Crippen LogP contribution in [0.25, 0.3) is 11.4 Å². The molecule has 1 N–H and O–H groups in total. The van der Waals surface area contributed by atoms with Gasteiger partial charge in [-0.3, -0.25) is 4.68 Å². The van der Waals surface area contributed by atoms with Crippen LogP contribution in [0, 0.1) is 6.92 Å². The van der Waals surface area contributed by atoms with Gasteiger partial charge in [-0.1, -0.05) is 24.3 Å². The van der Waals surface area contributed by atoms with Crippen LogP contribution in [-0.4, -0.2) is 19.1 Å². The maximum atomic E-state index is 4.62. The maximum absolute atomic E-state index is 4.62. The number of hydrogen-bond acceptors (Lipinski definition) is 5. The molecule has 0 fully saturated rings. The average molecular weight is 325 g/mol. The maximum Gasteiger partial charge on any atom is 0.203 e. The molecule has 0 bridgehead atoms. The summed E-state index contributed by atoms with van der Waals surface area (Å²) in [6.45, 7) is 3.89. The fraction of sp³-hybridized carbons (Fsp3) is 0.353. The van der Waals surface area contributed by atoms with Gasteiger partial charge in [-0.15, -0.1) is 0 Å². The van der Waals surface area contributed by atoms with Crippen LogP contribution >= 0.6 is 11.5 Å². The number of aromatic nitrogens is 4. The number of rotatable bonds is 4. The Morgan fingerprint density at radius 3 is 3.09 bits per heavy atom. The summed E-state index contributed by atoms with van der Waals surface area (Å²) in [5.41, 5.74) is 4.94. The van der Waals surface area contributed by atoms with Gasteiger partial charge in [-0.25, -0.2) is 0 Å². The van der Waals surface area contributed by atoms with Crippen LogP contribution in [0.15, 0.2) is 30.5 Å². The molecule has 0 unspecified atom stereocenters. The van der Waals surface area contributed by atoms with E-state index in [0.29, 0.717) is 0 Å². The highest BCUT2D eigenvalue weighted by Crippen LogP contribution is 2.25. The van der Waals surface area contributed by atoms with Crippen molar-refractivity contribution in [3.05, 3.63) is 47.3 Å². The quantitative estimate of drug-likeness (QED) is 0.795. The van der Waals surface area contributed by atoms with Gasteiger partial charge < -0.3 is 5.32 Å². The van der Waals surface area contributed by atoms with E-state index in [-0.39, 0.29) is 0 Å². The molecule has 0 saturated heterocycles. The number of nitrogens with zero attached hydrogens (tertiary/aromatic N) is 4. The van der Waals surface area contributed by atoms with Crippen LogP contribution in [0.4, 0.5) is 5.13 Å². The second kappa shape index (κ2) is 6.12. The van der Waals surface area contributed by atoms with Crippen LogP contribution in [0.5, 0.6) is 0 Å². The molecule has 4 rings (SSSR count). The monoisotopic (exact) mass is 325 g/mol. The lowest BCUT2D eigenvalue weighted by Gasteiger charge is -2.14. The van der Waals surface area contributed by atoms with Gasteiger partial charge in [0, 0.05) is 41.4 Å². The van der Waals surface area contributed by atoms with Crippen molar-refractivity contribution < 1.29 is 0 Å². The Bertz CT molecular complexity index is 820. The molecule has 2 aromatic heterocycles. The Balaban J connectivity index is 1.48. The molecule has 0 radical (unpaired) electrons. The highest BCUT2D eigenvalue weighted by atomic mass is 32.1. The van der Waals surface area contributed by atoms with Crippen molar-refractivity contribution in [3.63, 3.8) is 0 Å². The number of nitrogens with one attached hydrogen (secondary N) is 1. The Morgan fingerprint density at radius 2 is 2.17 bits per heavy atom. The van der Waals surface area contributed by atoms with Crippen molar-refractivity contribution in [2.45, 2.75) is 39.3 Å². The van der Waals surface area contributed by atoms with E-state index in [1.165, 1.54) is 41.2 Å². The van der Waals surface area contributed by atoms with Gasteiger partial charge >= 0.3 is 0 Å². The zero-order valence-corrected chi connectivity index (χ0v) is 13.9. The van der Waals surface area contributed by atoms with Crippen LogP contribution in [-0.2, 0) is 19.5 Å². The third kappa shape index (κ3) is 2.86. The van der Waals surface area contributed by atoms with E-state index in [1.807, 2.05) is 18.3 Å². The highest BCUT2D eigenvalue weighted by molar-refractivity contribution is 7.09. The summed E-state index contributed by atoms with van der Waals surface area (Å²) in [7, 11) is 0. The average Bonchev–Trinajstić information content (AvgIpc) is 3.20. The Hall–Kier alpha value is -2.21. The van der Waals surface area contributed by atoms with Gasteiger partial charge in [-0.05, 0) is 31.7 Å². The third-order valence-corrected chi connectivity index (χ3v) is 4.98. The van der Waals surface area contributed by atoms with Crippen LogP contribution in [0.1, 0.15) is 29.7 Å². The molecule has 0 saturated carbocycles. The standard InChI is InChI=1S/C17H19N5S/c1-12-6-2-3-7-14(12)16-20-17(23-21-16)18-10-13-11-19-22-9-5-4-8-15(13)22/h2-3,6-7,11H,4-5,8-10H2,1H3,(H,18,20,21). The van der Waals surface area contributed by atoms with E-state index in [1.54, 1.807) is 0 Å². The molecule has 3 aromatic rings. The van der Waals surface area contributed by atoms with E-state index in [4.69, 9.17) is 0 Å². The first kappa shape index (κ1) is 14.4. The fourth-order valence-electron chi connectivity index (χ4n) is 3.03. The minimum Gasteiger partial charge on any atom is -0.356 e. The van der Waals surface area contributed by atoms with Crippen molar-refractivity contribution in [2.75, 3.05) is 5.32 Å². The zero-order chi connectivity index (χ0) is 15.6. The molecule has 5 nitrogen and oxygen atoms in total. The molecule has 1 aromatic carbocycles. The predicted octanol–water partition coefficient (Wildman–Crippen LogP) is 3.66. The molecule has 23 heavy (non-hydrogen) atoms. The summed E-state index contributed by atoms with van der Waals surface area (Å²) in [6, 6.07) is 8.21. The second-order valence-corrected chi connectivity index (χ2v) is 6.64. The Kier molecular flexibility index (Phi) is 3.83. The lowest BCUT2D eigenvalue weighted by Crippen LogP contribution is -2.13. The molecule has 1 aliphatic rings. The number of hydrogen-bond donors (Lipinski definition) is 1.